The topological polar surface area (TPSA) is 83.8 Å². The molecule has 5 heteroatoms. The quantitative estimate of drug-likeness (QED) is 0.593. The van der Waals surface area contributed by atoms with Crippen LogP contribution in [0.4, 0.5) is 0 Å². The van der Waals surface area contributed by atoms with Gasteiger partial charge in [0.1, 0.15) is 5.82 Å². The van der Waals surface area contributed by atoms with Crippen molar-refractivity contribution in [1.82, 2.24) is 15.3 Å². The van der Waals surface area contributed by atoms with Gasteiger partial charge in [-0.3, -0.25) is 4.79 Å². The van der Waals surface area contributed by atoms with E-state index in [0.717, 1.165) is 31.5 Å². The number of aromatic nitrogens is 2. The van der Waals surface area contributed by atoms with Gasteiger partial charge in [-0.25, -0.2) is 4.98 Å². The Morgan fingerprint density at radius 1 is 1.67 bits per heavy atom. The van der Waals surface area contributed by atoms with Gasteiger partial charge in [-0.15, -0.1) is 0 Å². The average molecular weight is 208 g/mol. The van der Waals surface area contributed by atoms with E-state index in [-0.39, 0.29) is 5.91 Å². The van der Waals surface area contributed by atoms with Crippen molar-refractivity contribution in [2.75, 3.05) is 6.54 Å². The van der Waals surface area contributed by atoms with E-state index in [1.165, 1.54) is 0 Å². The van der Waals surface area contributed by atoms with Gasteiger partial charge < -0.3 is 16.0 Å². The van der Waals surface area contributed by atoms with Gasteiger partial charge in [0, 0.05) is 25.4 Å². The molecule has 1 aromatic rings. The van der Waals surface area contributed by atoms with E-state index < -0.39 is 5.54 Å². The van der Waals surface area contributed by atoms with Crippen molar-refractivity contribution in [2.24, 2.45) is 5.73 Å². The molecule has 0 radical (unpaired) electrons. The molecule has 0 unspecified atom stereocenters. The second-order valence-electron chi connectivity index (χ2n) is 4.05. The summed E-state index contributed by atoms with van der Waals surface area (Å²) in [6.45, 7) is 0.665. The fourth-order valence-electron chi connectivity index (χ4n) is 1.43. The fraction of sp³-hybridized carbons (Fsp3) is 0.600. The summed E-state index contributed by atoms with van der Waals surface area (Å²) in [5.74, 6) is 0.945. The maximum absolute atomic E-state index is 11.4. The molecule has 0 bridgehead atoms. The van der Waals surface area contributed by atoms with Crippen molar-refractivity contribution in [1.29, 1.82) is 0 Å². The predicted molar refractivity (Wildman–Crippen MR) is 56.1 cm³/mol. The van der Waals surface area contributed by atoms with Crippen molar-refractivity contribution < 1.29 is 4.79 Å². The molecular formula is C10H16N4O. The summed E-state index contributed by atoms with van der Waals surface area (Å²) in [7, 11) is 0. The van der Waals surface area contributed by atoms with Crippen molar-refractivity contribution in [2.45, 2.75) is 31.2 Å². The van der Waals surface area contributed by atoms with Gasteiger partial charge in [0.15, 0.2) is 0 Å². The van der Waals surface area contributed by atoms with Crippen LogP contribution in [0.25, 0.3) is 0 Å². The first-order chi connectivity index (χ1) is 7.21. The second-order valence-corrected chi connectivity index (χ2v) is 4.05. The molecule has 1 heterocycles. The Labute approximate surface area is 88.5 Å². The molecule has 1 aliphatic carbocycles. The lowest BCUT2D eigenvalue weighted by molar-refractivity contribution is -0.123. The number of rotatable bonds is 5. The third-order valence-corrected chi connectivity index (χ3v) is 2.67. The summed E-state index contributed by atoms with van der Waals surface area (Å²) in [5, 5.41) is 2.84. The van der Waals surface area contributed by atoms with Crippen LogP contribution in [0.15, 0.2) is 12.4 Å². The molecule has 0 atom stereocenters. The Hall–Kier alpha value is -1.36. The molecule has 5 nitrogen and oxygen atoms in total. The van der Waals surface area contributed by atoms with Crippen LogP contribution in [-0.2, 0) is 11.2 Å². The minimum atomic E-state index is -0.551. The molecule has 0 spiro atoms. The van der Waals surface area contributed by atoms with Crippen LogP contribution in [0, 0.1) is 0 Å². The van der Waals surface area contributed by atoms with Crippen LogP contribution in [0.2, 0.25) is 0 Å². The molecule has 1 saturated carbocycles. The number of amides is 1. The molecule has 82 valence electrons. The zero-order chi connectivity index (χ0) is 10.7. The van der Waals surface area contributed by atoms with Crippen molar-refractivity contribution in [3.63, 3.8) is 0 Å². The number of nitrogens with one attached hydrogen (secondary N) is 2. The molecule has 1 aliphatic rings. The minimum absolute atomic E-state index is 0.0121. The first-order valence-corrected chi connectivity index (χ1v) is 5.26. The van der Waals surface area contributed by atoms with Crippen molar-refractivity contribution in [3.05, 3.63) is 18.2 Å². The van der Waals surface area contributed by atoms with Gasteiger partial charge in [0.2, 0.25) is 5.91 Å². The Kier molecular flexibility index (Phi) is 2.73. The highest BCUT2D eigenvalue weighted by Crippen LogP contribution is 2.31. The number of hydrogen-bond acceptors (Lipinski definition) is 3. The largest absolute Gasteiger partial charge is 0.354 e. The molecular weight excluding hydrogens is 192 g/mol. The fourth-order valence-corrected chi connectivity index (χ4v) is 1.43. The summed E-state index contributed by atoms with van der Waals surface area (Å²) < 4.78 is 0. The zero-order valence-electron chi connectivity index (χ0n) is 8.62. The molecule has 0 aliphatic heterocycles. The summed E-state index contributed by atoms with van der Waals surface area (Å²) in [6.07, 6.45) is 6.90. The summed E-state index contributed by atoms with van der Waals surface area (Å²) in [6, 6.07) is 0. The zero-order valence-corrected chi connectivity index (χ0v) is 8.62. The van der Waals surface area contributed by atoms with Gasteiger partial charge in [-0.05, 0) is 19.3 Å². The number of nitrogens with two attached hydrogens (primary N) is 1. The van der Waals surface area contributed by atoms with Crippen LogP contribution >= 0.6 is 0 Å². The predicted octanol–water partition coefficient (Wildman–Crippen LogP) is -0.0502. The number of carbonyl (C=O) groups excluding carboxylic acids is 1. The maximum atomic E-state index is 11.4. The summed E-state index contributed by atoms with van der Waals surface area (Å²) in [5.41, 5.74) is 5.19. The van der Waals surface area contributed by atoms with Crippen LogP contribution in [0.1, 0.15) is 25.1 Å². The molecule has 2 rings (SSSR count). The first kappa shape index (κ1) is 10.2. The van der Waals surface area contributed by atoms with Gasteiger partial charge in [0.25, 0.3) is 0 Å². The number of hydrogen-bond donors (Lipinski definition) is 3. The van der Waals surface area contributed by atoms with Crippen LogP contribution in [0.3, 0.4) is 0 Å². The van der Waals surface area contributed by atoms with Crippen LogP contribution in [-0.4, -0.2) is 28.0 Å². The molecule has 1 amide bonds. The van der Waals surface area contributed by atoms with Crippen LogP contribution < -0.4 is 11.1 Å². The first-order valence-electron chi connectivity index (χ1n) is 5.26. The van der Waals surface area contributed by atoms with Gasteiger partial charge >= 0.3 is 0 Å². The second kappa shape index (κ2) is 4.02. The normalized spacial score (nSPS) is 17.4. The maximum Gasteiger partial charge on any atom is 0.240 e. The highest BCUT2D eigenvalue weighted by molar-refractivity contribution is 5.88. The van der Waals surface area contributed by atoms with Gasteiger partial charge in [-0.1, -0.05) is 0 Å². The van der Waals surface area contributed by atoms with E-state index in [0.29, 0.717) is 6.54 Å². The molecule has 0 saturated heterocycles. The minimum Gasteiger partial charge on any atom is -0.354 e. The molecule has 4 N–H and O–H groups in total. The lowest BCUT2D eigenvalue weighted by Gasteiger charge is -2.09. The van der Waals surface area contributed by atoms with Crippen LogP contribution in [0.5, 0.6) is 0 Å². The summed E-state index contributed by atoms with van der Waals surface area (Å²) in [4.78, 5) is 18.5. The average Bonchev–Trinajstić information content (AvgIpc) is 2.80. The number of aromatic amines is 1. The van der Waals surface area contributed by atoms with E-state index in [9.17, 15) is 4.79 Å². The van der Waals surface area contributed by atoms with Gasteiger partial charge in [0.05, 0.1) is 5.54 Å². The number of H-pyrrole nitrogens is 1. The molecule has 1 fully saturated rings. The number of imidazole rings is 1. The Morgan fingerprint density at radius 3 is 3.07 bits per heavy atom. The summed E-state index contributed by atoms with van der Waals surface area (Å²) >= 11 is 0. The van der Waals surface area contributed by atoms with E-state index in [4.69, 9.17) is 5.73 Å². The molecule has 0 aromatic carbocycles. The number of carbonyl (C=O) groups is 1. The molecule has 15 heavy (non-hydrogen) atoms. The lowest BCUT2D eigenvalue weighted by Crippen LogP contribution is -2.43. The smallest absolute Gasteiger partial charge is 0.240 e. The van der Waals surface area contributed by atoms with Gasteiger partial charge in [-0.2, -0.15) is 0 Å². The molecule has 1 aromatic heterocycles. The van der Waals surface area contributed by atoms with Crippen molar-refractivity contribution in [3.8, 4) is 0 Å². The van der Waals surface area contributed by atoms with E-state index in [1.54, 1.807) is 12.4 Å². The highest BCUT2D eigenvalue weighted by Gasteiger charge is 2.45. The lowest BCUT2D eigenvalue weighted by atomic mass is 10.2. The third kappa shape index (κ3) is 2.56. The SMILES string of the molecule is NC1(C(=O)NCCCc2ncc[nH]2)CC1. The number of aryl methyl sites for hydroxylation is 1. The van der Waals surface area contributed by atoms with Crippen molar-refractivity contribution >= 4 is 5.91 Å². The Morgan fingerprint density at radius 2 is 2.47 bits per heavy atom. The standard InChI is InChI=1S/C10H16N4O/c11-10(3-4-10)9(15)14-5-1-2-8-12-6-7-13-8/h6-7H,1-5,11H2,(H,12,13)(H,14,15). The third-order valence-electron chi connectivity index (χ3n) is 2.67. The Balaban J connectivity index is 1.61. The Bertz CT molecular complexity index is 329. The van der Waals surface area contributed by atoms with E-state index >= 15 is 0 Å². The highest BCUT2D eigenvalue weighted by atomic mass is 16.2. The van der Waals surface area contributed by atoms with E-state index in [1.807, 2.05) is 0 Å². The monoisotopic (exact) mass is 208 g/mol. The van der Waals surface area contributed by atoms with E-state index in [2.05, 4.69) is 15.3 Å². The number of nitrogens with zero attached hydrogens (tertiary/aromatic N) is 1.